The molecule has 1 spiro atoms. The van der Waals surface area contributed by atoms with E-state index in [-0.39, 0.29) is 24.0 Å². The highest BCUT2D eigenvalue weighted by molar-refractivity contribution is 5.77. The number of ether oxygens (including phenoxy) is 1. The molecule has 26 heavy (non-hydrogen) atoms. The quantitative estimate of drug-likeness (QED) is 0.789. The van der Waals surface area contributed by atoms with Gasteiger partial charge in [0.1, 0.15) is 17.6 Å². The van der Waals surface area contributed by atoms with Gasteiger partial charge >= 0.3 is 0 Å². The SMILES string of the molecule is CN1CC2(CCN(C(=O)Cn3nc4ccccc4n3)CC2)OCCC1=O. The van der Waals surface area contributed by atoms with Gasteiger partial charge in [-0.25, -0.2) is 0 Å². The second-order valence-corrected chi connectivity index (χ2v) is 7.13. The second-order valence-electron chi connectivity index (χ2n) is 7.13. The zero-order valence-electron chi connectivity index (χ0n) is 14.9. The highest BCUT2D eigenvalue weighted by Crippen LogP contribution is 2.29. The molecule has 2 aromatic rings. The fourth-order valence-corrected chi connectivity index (χ4v) is 3.77. The van der Waals surface area contributed by atoms with Crippen molar-refractivity contribution in [2.75, 3.05) is 33.3 Å². The highest BCUT2D eigenvalue weighted by atomic mass is 16.5. The number of likely N-dealkylation sites (N-methyl/N-ethyl adjacent to an activating group) is 1. The minimum absolute atomic E-state index is 0.0122. The summed E-state index contributed by atoms with van der Waals surface area (Å²) in [6, 6.07) is 7.58. The number of rotatable bonds is 2. The number of nitrogens with zero attached hydrogens (tertiary/aromatic N) is 5. The van der Waals surface area contributed by atoms with Crippen LogP contribution >= 0.6 is 0 Å². The summed E-state index contributed by atoms with van der Waals surface area (Å²) in [6.45, 7) is 2.45. The highest BCUT2D eigenvalue weighted by Gasteiger charge is 2.40. The topological polar surface area (TPSA) is 80.6 Å². The maximum absolute atomic E-state index is 12.6. The molecule has 0 aliphatic carbocycles. The second kappa shape index (κ2) is 6.68. The Balaban J connectivity index is 1.38. The van der Waals surface area contributed by atoms with Gasteiger partial charge in [0.15, 0.2) is 0 Å². The lowest BCUT2D eigenvalue weighted by Gasteiger charge is -2.42. The number of piperidine rings is 1. The van der Waals surface area contributed by atoms with Crippen LogP contribution in [0.2, 0.25) is 0 Å². The van der Waals surface area contributed by atoms with Gasteiger partial charge < -0.3 is 14.5 Å². The van der Waals surface area contributed by atoms with Crippen molar-refractivity contribution in [1.29, 1.82) is 0 Å². The van der Waals surface area contributed by atoms with E-state index in [1.165, 1.54) is 4.80 Å². The number of hydrogen-bond acceptors (Lipinski definition) is 5. The summed E-state index contributed by atoms with van der Waals surface area (Å²) >= 11 is 0. The molecule has 8 heteroatoms. The summed E-state index contributed by atoms with van der Waals surface area (Å²) in [7, 11) is 1.82. The molecule has 4 rings (SSSR count). The van der Waals surface area contributed by atoms with Crippen LogP contribution in [0, 0.1) is 0 Å². The number of carbonyl (C=O) groups is 2. The molecule has 8 nitrogen and oxygen atoms in total. The Labute approximate surface area is 151 Å². The van der Waals surface area contributed by atoms with Gasteiger partial charge in [0, 0.05) is 26.7 Å². The van der Waals surface area contributed by atoms with Crippen molar-refractivity contribution in [3.05, 3.63) is 24.3 Å². The molecule has 0 atom stereocenters. The van der Waals surface area contributed by atoms with Gasteiger partial charge in [-0.1, -0.05) is 12.1 Å². The predicted octanol–water partition coefficient (Wildman–Crippen LogP) is 0.671. The maximum atomic E-state index is 12.6. The van der Waals surface area contributed by atoms with Crippen LogP contribution in [0.3, 0.4) is 0 Å². The first-order chi connectivity index (χ1) is 12.5. The van der Waals surface area contributed by atoms with Crippen LogP contribution in [0.25, 0.3) is 11.0 Å². The van der Waals surface area contributed by atoms with Gasteiger partial charge in [0.05, 0.1) is 18.6 Å². The van der Waals surface area contributed by atoms with E-state index in [1.54, 1.807) is 4.90 Å². The Morgan fingerprint density at radius 3 is 2.50 bits per heavy atom. The van der Waals surface area contributed by atoms with Crippen molar-refractivity contribution in [2.24, 2.45) is 0 Å². The predicted molar refractivity (Wildman–Crippen MR) is 94.3 cm³/mol. The van der Waals surface area contributed by atoms with Gasteiger partial charge in [-0.3, -0.25) is 9.59 Å². The smallest absolute Gasteiger partial charge is 0.246 e. The van der Waals surface area contributed by atoms with Crippen LogP contribution in [-0.4, -0.2) is 75.5 Å². The van der Waals surface area contributed by atoms with Crippen molar-refractivity contribution in [2.45, 2.75) is 31.4 Å². The molecular formula is C18H23N5O3. The van der Waals surface area contributed by atoms with Crippen molar-refractivity contribution in [3.8, 4) is 0 Å². The molecule has 1 aromatic carbocycles. The lowest BCUT2D eigenvalue weighted by Crippen LogP contribution is -2.53. The van der Waals surface area contributed by atoms with Crippen LogP contribution in [0.4, 0.5) is 0 Å². The molecule has 0 N–H and O–H groups in total. The number of benzene rings is 1. The van der Waals surface area contributed by atoms with Crippen molar-refractivity contribution >= 4 is 22.8 Å². The lowest BCUT2D eigenvalue weighted by atomic mass is 9.90. The summed E-state index contributed by atoms with van der Waals surface area (Å²) in [4.78, 5) is 29.5. The van der Waals surface area contributed by atoms with E-state index >= 15 is 0 Å². The molecule has 0 saturated carbocycles. The molecule has 0 radical (unpaired) electrons. The first-order valence-electron chi connectivity index (χ1n) is 9.00. The van der Waals surface area contributed by atoms with Crippen molar-refractivity contribution < 1.29 is 14.3 Å². The lowest BCUT2D eigenvalue weighted by molar-refractivity contribution is -0.140. The van der Waals surface area contributed by atoms with E-state index in [0.29, 0.717) is 32.7 Å². The summed E-state index contributed by atoms with van der Waals surface area (Å²) in [6.07, 6.45) is 1.91. The van der Waals surface area contributed by atoms with Gasteiger partial charge in [-0.05, 0) is 25.0 Å². The monoisotopic (exact) mass is 357 g/mol. The Kier molecular flexibility index (Phi) is 4.36. The van der Waals surface area contributed by atoms with E-state index in [0.717, 1.165) is 23.9 Å². The van der Waals surface area contributed by atoms with E-state index < -0.39 is 0 Å². The summed E-state index contributed by atoms with van der Waals surface area (Å²) in [5, 5.41) is 8.70. The van der Waals surface area contributed by atoms with E-state index in [9.17, 15) is 9.59 Å². The average Bonchev–Trinajstić information content (AvgIpc) is 2.98. The standard InChI is InChI=1S/C18H23N5O3/c1-21-13-18(26-11-6-16(21)24)7-9-22(10-8-18)17(25)12-23-19-14-4-2-3-5-15(14)20-23/h2-5H,6-13H2,1H3. The number of aromatic nitrogens is 3. The largest absolute Gasteiger partial charge is 0.372 e. The molecule has 3 heterocycles. The summed E-state index contributed by atoms with van der Waals surface area (Å²) in [5.74, 6) is 0.135. The summed E-state index contributed by atoms with van der Waals surface area (Å²) < 4.78 is 6.03. The minimum atomic E-state index is -0.323. The Morgan fingerprint density at radius 2 is 1.85 bits per heavy atom. The molecule has 2 saturated heterocycles. The van der Waals surface area contributed by atoms with Crippen LogP contribution in [-0.2, 0) is 20.9 Å². The molecule has 138 valence electrons. The first-order valence-corrected chi connectivity index (χ1v) is 9.00. The maximum Gasteiger partial charge on any atom is 0.246 e. The Morgan fingerprint density at radius 1 is 1.19 bits per heavy atom. The number of fused-ring (bicyclic) bond motifs is 1. The molecule has 1 aromatic heterocycles. The van der Waals surface area contributed by atoms with Crippen LogP contribution < -0.4 is 0 Å². The average molecular weight is 357 g/mol. The number of amides is 2. The minimum Gasteiger partial charge on any atom is -0.372 e. The molecule has 2 amide bonds. The fraction of sp³-hybridized carbons (Fsp3) is 0.556. The number of likely N-dealkylation sites (tertiary alicyclic amines) is 1. The molecule has 0 bridgehead atoms. The Bertz CT molecular complexity index is 792. The van der Waals surface area contributed by atoms with Crippen molar-refractivity contribution in [1.82, 2.24) is 24.8 Å². The van der Waals surface area contributed by atoms with Gasteiger partial charge in [-0.15, -0.1) is 0 Å². The van der Waals surface area contributed by atoms with Crippen LogP contribution in [0.5, 0.6) is 0 Å². The third kappa shape index (κ3) is 3.29. The number of carbonyl (C=O) groups excluding carboxylic acids is 2. The van der Waals surface area contributed by atoms with E-state index in [4.69, 9.17) is 4.74 Å². The summed E-state index contributed by atoms with van der Waals surface area (Å²) in [5.41, 5.74) is 1.26. The van der Waals surface area contributed by atoms with Crippen LogP contribution in [0.1, 0.15) is 19.3 Å². The zero-order valence-corrected chi connectivity index (χ0v) is 14.9. The van der Waals surface area contributed by atoms with Gasteiger partial charge in [-0.2, -0.15) is 15.0 Å². The number of hydrogen-bond donors (Lipinski definition) is 0. The van der Waals surface area contributed by atoms with Crippen LogP contribution in [0.15, 0.2) is 24.3 Å². The third-order valence-corrected chi connectivity index (χ3v) is 5.31. The van der Waals surface area contributed by atoms with E-state index in [2.05, 4.69) is 10.2 Å². The molecule has 2 aliphatic heterocycles. The first kappa shape index (κ1) is 17.0. The Hall–Kier alpha value is -2.48. The molecule has 0 unspecified atom stereocenters. The fourth-order valence-electron chi connectivity index (χ4n) is 3.77. The molecular weight excluding hydrogens is 334 g/mol. The molecule has 2 fully saturated rings. The normalized spacial score (nSPS) is 20.6. The van der Waals surface area contributed by atoms with Gasteiger partial charge in [0.2, 0.25) is 11.8 Å². The van der Waals surface area contributed by atoms with E-state index in [1.807, 2.05) is 36.2 Å². The zero-order chi connectivity index (χ0) is 18.1. The van der Waals surface area contributed by atoms with Gasteiger partial charge in [0.25, 0.3) is 0 Å². The third-order valence-electron chi connectivity index (χ3n) is 5.31. The molecule has 2 aliphatic rings. The van der Waals surface area contributed by atoms with Crippen molar-refractivity contribution in [3.63, 3.8) is 0 Å².